The lowest BCUT2D eigenvalue weighted by atomic mass is 9.85. The molecule has 12 aromatic rings. The molecule has 594 valence electrons. The van der Waals surface area contributed by atoms with E-state index in [1.54, 1.807) is 0 Å². The Bertz CT molecular complexity index is 4640. The van der Waals surface area contributed by atoms with Gasteiger partial charge in [0.25, 0.3) is 0 Å². The van der Waals surface area contributed by atoms with Crippen molar-refractivity contribution in [1.82, 2.24) is 0 Å². The Balaban J connectivity index is 0.000000226. The average Bonchev–Trinajstić information content (AvgIpc) is 0.778. The normalized spacial score (nSPS) is 11.1. The zero-order valence-corrected chi connectivity index (χ0v) is 72.6. The lowest BCUT2D eigenvalue weighted by molar-refractivity contribution is 0.664. The van der Waals surface area contributed by atoms with E-state index in [9.17, 15) is 0 Å². The lowest BCUT2D eigenvalue weighted by Gasteiger charge is -2.21. The lowest BCUT2D eigenvalue weighted by Crippen LogP contribution is -2.01. The van der Waals surface area contributed by atoms with Gasteiger partial charge in [0.1, 0.15) is 0 Å². The highest BCUT2D eigenvalue weighted by atomic mass is 79.9. The van der Waals surface area contributed by atoms with Crippen molar-refractivity contribution in [2.45, 2.75) is 243 Å². The van der Waals surface area contributed by atoms with Gasteiger partial charge in [-0.25, -0.2) is 0 Å². The summed E-state index contributed by atoms with van der Waals surface area (Å²) < 4.78 is 1.12. The summed E-state index contributed by atoms with van der Waals surface area (Å²) >= 11 is 3.45. The molecule has 4 nitrogen and oxygen atoms in total. The Morgan fingerprint density at radius 3 is 0.702 bits per heavy atom. The molecule has 0 bridgehead atoms. The third-order valence-electron chi connectivity index (χ3n) is 22.6. The molecule has 0 radical (unpaired) electrons. The van der Waals surface area contributed by atoms with Crippen LogP contribution in [-0.4, -0.2) is 0 Å². The Labute approximate surface area is 696 Å². The monoisotopic (exact) mass is 1570 g/mol. The van der Waals surface area contributed by atoms with Crippen molar-refractivity contribution in [3.8, 4) is 77.9 Å². The van der Waals surface area contributed by atoms with Crippen LogP contribution in [0.15, 0.2) is 247 Å². The number of nitrogens with two attached hydrogens (primary N) is 2. The van der Waals surface area contributed by atoms with Gasteiger partial charge in [-0.1, -0.05) is 318 Å². The first kappa shape index (κ1) is 86.7. The van der Waals surface area contributed by atoms with Crippen LogP contribution in [0.3, 0.4) is 0 Å². The van der Waals surface area contributed by atoms with Gasteiger partial charge in [0.05, 0.1) is 0 Å². The van der Waals surface area contributed by atoms with Crippen molar-refractivity contribution in [2.75, 3.05) is 22.1 Å². The van der Waals surface area contributed by atoms with Crippen molar-refractivity contribution >= 4 is 50.1 Å². The quantitative estimate of drug-likeness (QED) is 0.0231. The SMILES string of the molecule is CCCCCCc1cc(-c2ccc(N)cc2C)c(CCCCCC)cc1-c1ccc(N)cc1C.CCCCCCc1cc(-c2ccc(Nc3ccc(-c4ccc(CCC)cc4)cc3)cc2C)c(CCCCCC)cc1-c1ccc(Nc2ccc(-c3ccc(CCC)cc3)cc2)cc1C.CCCc1ccc(-c2ccc(Br)cc2)cc1. The maximum atomic E-state index is 6.10. The third-order valence-corrected chi connectivity index (χ3v) is 23.2. The van der Waals surface area contributed by atoms with Crippen molar-refractivity contribution in [2.24, 2.45) is 0 Å². The Morgan fingerprint density at radius 2 is 0.456 bits per heavy atom. The van der Waals surface area contributed by atoms with E-state index in [2.05, 4.69) is 333 Å². The smallest absolute Gasteiger partial charge is 0.0387 e. The van der Waals surface area contributed by atoms with Gasteiger partial charge in [0.2, 0.25) is 0 Å². The molecule has 0 aliphatic rings. The molecule has 0 saturated heterocycles. The first-order chi connectivity index (χ1) is 55.6. The molecule has 0 unspecified atom stereocenters. The van der Waals surface area contributed by atoms with Crippen molar-refractivity contribution in [3.05, 3.63) is 308 Å². The predicted octanol–water partition coefficient (Wildman–Crippen LogP) is 32.7. The van der Waals surface area contributed by atoms with Gasteiger partial charge >= 0.3 is 0 Å². The average molecular weight is 1580 g/mol. The van der Waals surface area contributed by atoms with E-state index in [1.165, 1.54) is 268 Å². The maximum Gasteiger partial charge on any atom is 0.0387 e. The van der Waals surface area contributed by atoms with E-state index < -0.39 is 0 Å². The van der Waals surface area contributed by atoms with Crippen LogP contribution in [0.4, 0.5) is 34.1 Å². The second-order valence-corrected chi connectivity index (χ2v) is 33.0. The number of nitrogens with one attached hydrogen (secondary N) is 2. The van der Waals surface area contributed by atoms with Gasteiger partial charge in [-0.15, -0.1) is 0 Å². The molecule has 0 atom stereocenters. The van der Waals surface area contributed by atoms with E-state index in [4.69, 9.17) is 11.5 Å². The number of unbranched alkanes of at least 4 members (excludes halogenated alkanes) is 12. The minimum Gasteiger partial charge on any atom is -0.399 e. The summed E-state index contributed by atoms with van der Waals surface area (Å²) in [6, 6.07) is 89.8. The van der Waals surface area contributed by atoms with Gasteiger partial charge < -0.3 is 22.1 Å². The fraction of sp³-hybridized carbons (Fsp3) is 0.339. The zero-order valence-electron chi connectivity index (χ0n) is 71.0. The Morgan fingerprint density at radius 1 is 0.219 bits per heavy atom. The molecule has 5 heteroatoms. The molecule has 12 aromatic carbocycles. The number of nitrogen functional groups attached to an aromatic ring is 2. The van der Waals surface area contributed by atoms with Crippen LogP contribution in [0.2, 0.25) is 0 Å². The van der Waals surface area contributed by atoms with Crippen LogP contribution in [0.5, 0.6) is 0 Å². The number of aryl methyl sites for hydroxylation is 11. The standard InChI is InChI=1S/C62H72N2.C32H44N2.C15H15Br/c1-7-11-13-15-19-53-43-62(60-40-38-58(42-46(60)6)64-56-35-31-52(32-36-56)50-27-23-48(18-10-4)24-28-50)54(20-16-14-12-8-2)44-61(53)59-39-37-57(41-45(59)5)63-55-33-29-51(30-34-55)49-25-21-47(17-9-3)22-26-49;1-5-7-9-11-13-25-21-32(30-18-16-28(34)20-24(30)4)26(14-12-10-8-6-2)22-31(25)29-17-15-27(33)19-23(29)3;1-2-3-12-4-6-13(7-5-12)14-8-10-15(16)11-9-14/h21-44,63-64H,7-20H2,1-6H3;15-22H,5-14,33-34H2,1-4H3;4-11H,2-3H2,1H3. The molecule has 0 saturated carbocycles. The highest BCUT2D eigenvalue weighted by Crippen LogP contribution is 2.42. The summed E-state index contributed by atoms with van der Waals surface area (Å²) in [6.45, 7) is 24.8. The topological polar surface area (TPSA) is 76.1 Å². The van der Waals surface area contributed by atoms with E-state index in [-0.39, 0.29) is 0 Å². The number of rotatable bonds is 37. The van der Waals surface area contributed by atoms with Crippen LogP contribution >= 0.6 is 15.9 Å². The highest BCUT2D eigenvalue weighted by Gasteiger charge is 2.20. The number of halogens is 1. The van der Waals surface area contributed by atoms with E-state index in [1.807, 2.05) is 12.1 Å². The van der Waals surface area contributed by atoms with Crippen LogP contribution in [0, 0.1) is 27.7 Å². The van der Waals surface area contributed by atoms with Crippen molar-refractivity contribution < 1.29 is 0 Å². The minimum atomic E-state index is 0.833. The van der Waals surface area contributed by atoms with E-state index in [0.717, 1.165) is 77.1 Å². The van der Waals surface area contributed by atoms with E-state index in [0.29, 0.717) is 0 Å². The minimum absolute atomic E-state index is 0.833. The fourth-order valence-corrected chi connectivity index (χ4v) is 16.4. The molecular weight excluding hydrogens is 1450 g/mol. The molecular formula is C109H131BrN4. The molecule has 114 heavy (non-hydrogen) atoms. The largest absolute Gasteiger partial charge is 0.399 e. The first-order valence-electron chi connectivity index (χ1n) is 43.6. The second kappa shape index (κ2) is 45.4. The van der Waals surface area contributed by atoms with Crippen LogP contribution in [0.1, 0.15) is 232 Å². The van der Waals surface area contributed by atoms with Gasteiger partial charge in [0.15, 0.2) is 0 Å². The second-order valence-electron chi connectivity index (χ2n) is 32.0. The highest BCUT2D eigenvalue weighted by molar-refractivity contribution is 9.10. The summed E-state index contributed by atoms with van der Waals surface area (Å²) in [7, 11) is 0. The summed E-state index contributed by atoms with van der Waals surface area (Å²) in [5.41, 5.74) is 52.0. The molecule has 0 aromatic heterocycles. The summed E-state index contributed by atoms with van der Waals surface area (Å²) in [4.78, 5) is 0. The molecule has 6 N–H and O–H groups in total. The first-order valence-corrected chi connectivity index (χ1v) is 44.4. The number of anilines is 6. The molecule has 0 fully saturated rings. The van der Waals surface area contributed by atoms with Crippen molar-refractivity contribution in [3.63, 3.8) is 0 Å². The molecule has 0 spiro atoms. The summed E-state index contributed by atoms with van der Waals surface area (Å²) in [5.74, 6) is 0. The number of hydrogen-bond acceptors (Lipinski definition) is 4. The fourth-order valence-electron chi connectivity index (χ4n) is 16.2. The van der Waals surface area contributed by atoms with Crippen LogP contribution in [0.25, 0.3) is 77.9 Å². The molecule has 0 amide bonds. The number of benzene rings is 12. The van der Waals surface area contributed by atoms with Crippen LogP contribution < -0.4 is 22.1 Å². The Kier molecular flexibility index (Phi) is 34.6. The van der Waals surface area contributed by atoms with Gasteiger partial charge in [-0.3, -0.25) is 0 Å². The molecule has 12 rings (SSSR count). The number of hydrogen-bond donors (Lipinski definition) is 4. The molecule has 0 heterocycles. The predicted molar refractivity (Wildman–Crippen MR) is 506 cm³/mol. The maximum absolute atomic E-state index is 6.10. The van der Waals surface area contributed by atoms with Gasteiger partial charge in [-0.05, 0) is 322 Å². The summed E-state index contributed by atoms with van der Waals surface area (Å²) in [6.07, 6.45) is 31.5. The van der Waals surface area contributed by atoms with Gasteiger partial charge in [-0.2, -0.15) is 0 Å². The molecule has 0 aliphatic heterocycles. The third kappa shape index (κ3) is 25.4. The summed E-state index contributed by atoms with van der Waals surface area (Å²) in [5, 5.41) is 7.42. The van der Waals surface area contributed by atoms with E-state index >= 15 is 0 Å². The Hall–Kier alpha value is -9.68. The molecule has 0 aliphatic carbocycles. The van der Waals surface area contributed by atoms with Gasteiger partial charge in [0, 0.05) is 38.6 Å². The zero-order chi connectivity index (χ0) is 80.6. The van der Waals surface area contributed by atoms with Crippen LogP contribution in [-0.2, 0) is 44.9 Å². The van der Waals surface area contributed by atoms with Crippen molar-refractivity contribution in [1.29, 1.82) is 0 Å².